The normalized spacial score (nSPS) is 10.2. The lowest BCUT2D eigenvalue weighted by Crippen LogP contribution is -2.23. The number of tetrazole rings is 1. The van der Waals surface area contributed by atoms with Gasteiger partial charge < -0.3 is 11.1 Å². The van der Waals surface area contributed by atoms with Crippen LogP contribution in [0.15, 0.2) is 12.1 Å². The topological polar surface area (TPSA) is 122 Å². The van der Waals surface area contributed by atoms with Crippen molar-refractivity contribution in [3.05, 3.63) is 28.7 Å². The van der Waals surface area contributed by atoms with Gasteiger partial charge in [-0.3, -0.25) is 4.79 Å². The molecular formula is C8H8ClN7O. The fourth-order valence-electron chi connectivity index (χ4n) is 1.17. The molecule has 9 heteroatoms. The second-order valence-electron chi connectivity index (χ2n) is 3.11. The van der Waals surface area contributed by atoms with Gasteiger partial charge in [0.1, 0.15) is 11.0 Å². The molecule has 8 nitrogen and oxygen atoms in total. The summed E-state index contributed by atoms with van der Waals surface area (Å²) in [5.41, 5.74) is 5.80. The van der Waals surface area contributed by atoms with Crippen molar-refractivity contribution in [2.75, 3.05) is 5.73 Å². The number of aromatic amines is 1. The van der Waals surface area contributed by atoms with Crippen molar-refractivity contribution in [2.45, 2.75) is 6.54 Å². The highest BCUT2D eigenvalue weighted by atomic mass is 35.5. The third-order valence-electron chi connectivity index (χ3n) is 1.87. The van der Waals surface area contributed by atoms with Gasteiger partial charge >= 0.3 is 0 Å². The maximum absolute atomic E-state index is 11.7. The van der Waals surface area contributed by atoms with Crippen molar-refractivity contribution in [3.63, 3.8) is 0 Å². The molecule has 0 aliphatic heterocycles. The number of anilines is 1. The molecule has 0 spiro atoms. The Hall–Kier alpha value is -2.22. The summed E-state index contributed by atoms with van der Waals surface area (Å²) in [7, 11) is 0. The molecule has 4 N–H and O–H groups in total. The molecule has 0 aliphatic carbocycles. The highest BCUT2D eigenvalue weighted by molar-refractivity contribution is 6.29. The second kappa shape index (κ2) is 4.74. The number of halogens is 1. The number of carbonyl (C=O) groups excluding carboxylic acids is 1. The van der Waals surface area contributed by atoms with Gasteiger partial charge in [-0.2, -0.15) is 5.21 Å². The van der Waals surface area contributed by atoms with Crippen LogP contribution in [0, 0.1) is 0 Å². The zero-order valence-corrected chi connectivity index (χ0v) is 9.27. The number of hydrogen-bond donors (Lipinski definition) is 3. The smallest absolute Gasteiger partial charge is 0.251 e. The Morgan fingerprint density at radius 2 is 2.35 bits per heavy atom. The first kappa shape index (κ1) is 11.3. The van der Waals surface area contributed by atoms with Crippen LogP contribution in [0.5, 0.6) is 0 Å². The molecule has 0 aliphatic rings. The largest absolute Gasteiger partial charge is 0.384 e. The molecule has 0 atom stereocenters. The van der Waals surface area contributed by atoms with Crippen molar-refractivity contribution in [1.82, 2.24) is 30.9 Å². The summed E-state index contributed by atoms with van der Waals surface area (Å²) >= 11 is 5.68. The van der Waals surface area contributed by atoms with Gasteiger partial charge in [-0.1, -0.05) is 16.8 Å². The lowest BCUT2D eigenvalue weighted by molar-refractivity contribution is 0.0950. The Morgan fingerprint density at radius 1 is 1.53 bits per heavy atom. The summed E-state index contributed by atoms with van der Waals surface area (Å²) in [4.78, 5) is 15.5. The van der Waals surface area contributed by atoms with E-state index >= 15 is 0 Å². The minimum absolute atomic E-state index is 0.162. The van der Waals surface area contributed by atoms with E-state index in [1.807, 2.05) is 0 Å². The Labute approximate surface area is 101 Å². The van der Waals surface area contributed by atoms with E-state index < -0.39 is 0 Å². The molecule has 0 aromatic carbocycles. The maximum Gasteiger partial charge on any atom is 0.251 e. The maximum atomic E-state index is 11.7. The number of hydrogen-bond acceptors (Lipinski definition) is 6. The summed E-state index contributed by atoms with van der Waals surface area (Å²) < 4.78 is 0. The molecule has 88 valence electrons. The number of nitrogens with one attached hydrogen (secondary N) is 2. The van der Waals surface area contributed by atoms with Crippen LogP contribution < -0.4 is 11.1 Å². The van der Waals surface area contributed by atoms with E-state index in [0.29, 0.717) is 11.4 Å². The summed E-state index contributed by atoms with van der Waals surface area (Å²) in [6, 6.07) is 2.85. The lowest BCUT2D eigenvalue weighted by atomic mass is 10.2. The van der Waals surface area contributed by atoms with Crippen LogP contribution in [0.25, 0.3) is 0 Å². The Balaban J connectivity index is 2.04. The van der Waals surface area contributed by atoms with E-state index in [1.165, 1.54) is 12.1 Å². The molecule has 17 heavy (non-hydrogen) atoms. The van der Waals surface area contributed by atoms with E-state index in [1.54, 1.807) is 0 Å². The minimum Gasteiger partial charge on any atom is -0.384 e. The van der Waals surface area contributed by atoms with Crippen molar-refractivity contribution >= 4 is 23.3 Å². The molecule has 2 aromatic rings. The molecule has 2 rings (SSSR count). The summed E-state index contributed by atoms with van der Waals surface area (Å²) in [5, 5.41) is 15.8. The molecule has 0 saturated carbocycles. The van der Waals surface area contributed by atoms with Gasteiger partial charge in [-0.25, -0.2) is 4.98 Å². The molecular weight excluding hydrogens is 246 g/mol. The number of carbonyl (C=O) groups is 1. The predicted octanol–water partition coefficient (Wildman–Crippen LogP) is -0.240. The number of pyridine rings is 1. The quantitative estimate of drug-likeness (QED) is 0.649. The summed E-state index contributed by atoms with van der Waals surface area (Å²) in [5.74, 6) is 0.222. The van der Waals surface area contributed by atoms with Crippen LogP contribution in [-0.4, -0.2) is 31.5 Å². The van der Waals surface area contributed by atoms with E-state index in [0.717, 1.165) is 0 Å². The zero-order valence-electron chi connectivity index (χ0n) is 8.51. The first-order chi connectivity index (χ1) is 8.15. The van der Waals surface area contributed by atoms with E-state index in [9.17, 15) is 4.79 Å². The number of nitrogens with two attached hydrogens (primary N) is 1. The van der Waals surface area contributed by atoms with Crippen molar-refractivity contribution in [2.24, 2.45) is 0 Å². The zero-order chi connectivity index (χ0) is 12.3. The van der Waals surface area contributed by atoms with Crippen molar-refractivity contribution in [3.8, 4) is 0 Å². The molecule has 0 saturated heterocycles. The van der Waals surface area contributed by atoms with Gasteiger partial charge in [0.2, 0.25) is 0 Å². The van der Waals surface area contributed by atoms with Crippen LogP contribution in [0.1, 0.15) is 16.2 Å². The number of nitrogen functional groups attached to an aromatic ring is 1. The Bertz CT molecular complexity index is 506. The molecule has 2 aromatic heterocycles. The fraction of sp³-hybridized carbons (Fsp3) is 0.125. The lowest BCUT2D eigenvalue weighted by Gasteiger charge is -2.03. The average molecular weight is 254 g/mol. The Morgan fingerprint density at radius 3 is 3.00 bits per heavy atom. The molecule has 0 unspecified atom stereocenters. The summed E-state index contributed by atoms with van der Waals surface area (Å²) in [6.45, 7) is 0.162. The third kappa shape index (κ3) is 2.88. The van der Waals surface area contributed by atoms with Crippen LogP contribution in [-0.2, 0) is 6.54 Å². The monoisotopic (exact) mass is 253 g/mol. The number of nitrogens with zero attached hydrogens (tertiary/aromatic N) is 4. The number of rotatable bonds is 3. The standard InChI is InChI=1S/C8H8ClN7O/c9-5-1-4(2-6(10)12-5)8(17)11-3-7-13-15-16-14-7/h1-2H,3H2,(H2,10,12)(H,11,17)(H,13,14,15,16). The SMILES string of the molecule is Nc1cc(C(=O)NCc2nn[nH]n2)cc(Cl)n1. The highest BCUT2D eigenvalue weighted by Gasteiger charge is 2.09. The van der Waals surface area contributed by atoms with E-state index in [4.69, 9.17) is 17.3 Å². The van der Waals surface area contributed by atoms with Crippen LogP contribution in [0.4, 0.5) is 5.82 Å². The average Bonchev–Trinajstić information content (AvgIpc) is 2.77. The van der Waals surface area contributed by atoms with E-state index in [-0.39, 0.29) is 23.4 Å². The predicted molar refractivity (Wildman–Crippen MR) is 59.0 cm³/mol. The van der Waals surface area contributed by atoms with Gasteiger partial charge in [0.25, 0.3) is 5.91 Å². The molecule has 0 fully saturated rings. The van der Waals surface area contributed by atoms with Crippen LogP contribution >= 0.6 is 11.6 Å². The van der Waals surface area contributed by atoms with Gasteiger partial charge in [0.05, 0.1) is 6.54 Å². The van der Waals surface area contributed by atoms with Crippen LogP contribution in [0.3, 0.4) is 0 Å². The molecule has 0 bridgehead atoms. The van der Waals surface area contributed by atoms with Crippen molar-refractivity contribution < 1.29 is 4.79 Å². The highest BCUT2D eigenvalue weighted by Crippen LogP contribution is 2.11. The van der Waals surface area contributed by atoms with Gasteiger partial charge in [0, 0.05) is 5.56 Å². The fourth-order valence-corrected chi connectivity index (χ4v) is 1.38. The first-order valence-corrected chi connectivity index (χ1v) is 4.96. The third-order valence-corrected chi connectivity index (χ3v) is 2.07. The first-order valence-electron chi connectivity index (χ1n) is 4.59. The molecule has 2 heterocycles. The van der Waals surface area contributed by atoms with E-state index in [2.05, 4.69) is 30.9 Å². The van der Waals surface area contributed by atoms with Gasteiger partial charge in [-0.05, 0) is 12.1 Å². The number of H-pyrrole nitrogens is 1. The van der Waals surface area contributed by atoms with Gasteiger partial charge in [-0.15, -0.1) is 10.2 Å². The van der Waals surface area contributed by atoms with Crippen LogP contribution in [0.2, 0.25) is 5.15 Å². The Kier molecular flexibility index (Phi) is 3.15. The number of aromatic nitrogens is 5. The summed E-state index contributed by atoms with van der Waals surface area (Å²) in [6.07, 6.45) is 0. The minimum atomic E-state index is -0.342. The molecule has 1 amide bonds. The second-order valence-corrected chi connectivity index (χ2v) is 3.50. The van der Waals surface area contributed by atoms with Gasteiger partial charge in [0.15, 0.2) is 5.82 Å². The van der Waals surface area contributed by atoms with Crippen molar-refractivity contribution in [1.29, 1.82) is 0 Å². The molecule has 0 radical (unpaired) electrons. The number of amides is 1.